The van der Waals surface area contributed by atoms with E-state index < -0.39 is 30.4 Å². The molecule has 0 atom stereocenters. The number of hydrogen-bond acceptors (Lipinski definition) is 7. The van der Waals surface area contributed by atoms with Crippen LogP contribution in [0.15, 0.2) is 78.5 Å². The van der Waals surface area contributed by atoms with E-state index in [1.54, 1.807) is 60.7 Å². The summed E-state index contributed by atoms with van der Waals surface area (Å²) in [4.78, 5) is 51.7. The van der Waals surface area contributed by atoms with Crippen molar-refractivity contribution in [1.29, 1.82) is 0 Å². The van der Waals surface area contributed by atoms with Gasteiger partial charge in [0.05, 0.1) is 11.1 Å². The number of benzene rings is 3. The zero-order valence-electron chi connectivity index (χ0n) is 18.2. The smallest absolute Gasteiger partial charge is 0.356 e. The van der Waals surface area contributed by atoms with Crippen LogP contribution in [0.1, 0.15) is 36.6 Å². The Morgan fingerprint density at radius 3 is 2.26 bits per heavy atom. The second-order valence-electron chi connectivity index (χ2n) is 7.64. The molecule has 9 heteroatoms. The van der Waals surface area contributed by atoms with Crippen LogP contribution >= 0.6 is 0 Å². The number of imide groups is 1. The van der Waals surface area contributed by atoms with Gasteiger partial charge in [0.25, 0.3) is 17.7 Å². The highest BCUT2D eigenvalue weighted by Gasteiger charge is 2.36. The SMILES string of the molecule is O=C(OCN1C(=O)c2ccccc2C1=O)/C(=C/c1ccc2c(c1)OCO2)NC(=O)c1ccccc1. The lowest BCUT2D eigenvalue weighted by Gasteiger charge is -2.15. The lowest BCUT2D eigenvalue weighted by atomic mass is 10.1. The van der Waals surface area contributed by atoms with Gasteiger partial charge in [-0.25, -0.2) is 9.69 Å². The van der Waals surface area contributed by atoms with Crippen molar-refractivity contribution in [1.82, 2.24) is 10.2 Å². The fraction of sp³-hybridized carbons (Fsp3) is 0.0769. The standard InChI is InChI=1S/C26H18N2O7/c29-23(17-6-2-1-3-7-17)27-20(12-16-10-11-21-22(13-16)35-15-34-21)26(32)33-14-28-24(30)18-8-4-5-9-19(18)25(28)31/h1-13H,14-15H2,(H,27,29)/b20-12-. The zero-order chi connectivity index (χ0) is 24.4. The third-order valence-electron chi connectivity index (χ3n) is 5.41. The number of carbonyl (C=O) groups excluding carboxylic acids is 4. The van der Waals surface area contributed by atoms with Crippen LogP contribution in [0.5, 0.6) is 11.5 Å². The van der Waals surface area contributed by atoms with E-state index in [4.69, 9.17) is 14.2 Å². The van der Waals surface area contributed by atoms with Gasteiger partial charge < -0.3 is 19.5 Å². The van der Waals surface area contributed by atoms with Crippen LogP contribution in [0, 0.1) is 0 Å². The fourth-order valence-corrected chi connectivity index (χ4v) is 3.66. The van der Waals surface area contributed by atoms with Crippen LogP contribution < -0.4 is 14.8 Å². The van der Waals surface area contributed by atoms with Gasteiger partial charge in [-0.2, -0.15) is 0 Å². The molecule has 3 amide bonds. The van der Waals surface area contributed by atoms with E-state index >= 15 is 0 Å². The molecule has 35 heavy (non-hydrogen) atoms. The van der Waals surface area contributed by atoms with Crippen molar-refractivity contribution >= 4 is 29.8 Å². The lowest BCUT2D eigenvalue weighted by Crippen LogP contribution is -2.35. The molecule has 2 aliphatic rings. The first-order valence-electron chi connectivity index (χ1n) is 10.6. The number of nitrogens with one attached hydrogen (secondary N) is 1. The topological polar surface area (TPSA) is 111 Å². The first kappa shape index (κ1) is 21.9. The normalized spacial score (nSPS) is 14.1. The van der Waals surface area contributed by atoms with Gasteiger partial charge in [0.15, 0.2) is 18.2 Å². The van der Waals surface area contributed by atoms with Gasteiger partial charge in [-0.15, -0.1) is 0 Å². The second kappa shape index (κ2) is 9.14. The predicted molar refractivity (Wildman–Crippen MR) is 122 cm³/mol. The van der Waals surface area contributed by atoms with Crippen LogP contribution in [0.2, 0.25) is 0 Å². The Kier molecular flexibility index (Phi) is 5.72. The minimum absolute atomic E-state index is 0.0857. The number of rotatable bonds is 6. The van der Waals surface area contributed by atoms with Crippen LogP contribution in [-0.4, -0.2) is 42.1 Å². The van der Waals surface area contributed by atoms with E-state index in [1.165, 1.54) is 18.2 Å². The fourth-order valence-electron chi connectivity index (χ4n) is 3.66. The predicted octanol–water partition coefficient (Wildman–Crippen LogP) is 2.98. The number of nitrogens with zero attached hydrogens (tertiary/aromatic N) is 1. The monoisotopic (exact) mass is 470 g/mol. The van der Waals surface area contributed by atoms with E-state index in [2.05, 4.69) is 5.32 Å². The maximum absolute atomic E-state index is 13.0. The van der Waals surface area contributed by atoms with Crippen LogP contribution in [0.3, 0.4) is 0 Å². The highest BCUT2D eigenvalue weighted by molar-refractivity contribution is 6.21. The van der Waals surface area contributed by atoms with E-state index in [0.717, 1.165) is 4.90 Å². The molecule has 2 heterocycles. The van der Waals surface area contributed by atoms with Crippen LogP contribution in [0.4, 0.5) is 0 Å². The number of amides is 3. The maximum atomic E-state index is 13.0. The van der Waals surface area contributed by atoms with E-state index in [1.807, 2.05) is 0 Å². The highest BCUT2D eigenvalue weighted by atomic mass is 16.7. The summed E-state index contributed by atoms with van der Waals surface area (Å²) in [5.74, 6) is -1.53. The van der Waals surface area contributed by atoms with Crippen molar-refractivity contribution < 1.29 is 33.4 Å². The van der Waals surface area contributed by atoms with Crippen LogP contribution in [0.25, 0.3) is 6.08 Å². The second-order valence-corrected chi connectivity index (χ2v) is 7.64. The Labute approximate surface area is 199 Å². The number of carbonyl (C=O) groups is 4. The molecular weight excluding hydrogens is 452 g/mol. The molecule has 0 saturated heterocycles. The highest BCUT2D eigenvalue weighted by Crippen LogP contribution is 2.33. The first-order valence-corrected chi connectivity index (χ1v) is 10.6. The molecule has 0 saturated carbocycles. The van der Waals surface area contributed by atoms with Gasteiger partial charge >= 0.3 is 5.97 Å². The Hall–Kier alpha value is -4.92. The zero-order valence-corrected chi connectivity index (χ0v) is 18.2. The summed E-state index contributed by atoms with van der Waals surface area (Å²) in [6.07, 6.45) is 1.41. The molecule has 0 aromatic heterocycles. The Morgan fingerprint density at radius 2 is 1.54 bits per heavy atom. The molecule has 174 valence electrons. The molecule has 1 N–H and O–H groups in total. The molecule has 0 spiro atoms. The van der Waals surface area contributed by atoms with Crippen LogP contribution in [-0.2, 0) is 9.53 Å². The lowest BCUT2D eigenvalue weighted by molar-refractivity contribution is -0.141. The summed E-state index contributed by atoms with van der Waals surface area (Å²) in [5, 5.41) is 2.55. The molecule has 3 aromatic carbocycles. The van der Waals surface area contributed by atoms with Crippen molar-refractivity contribution in [2.24, 2.45) is 0 Å². The van der Waals surface area contributed by atoms with Crippen molar-refractivity contribution in [2.45, 2.75) is 0 Å². The van der Waals surface area contributed by atoms with Gasteiger partial charge in [0, 0.05) is 5.56 Å². The molecule has 0 bridgehead atoms. The summed E-state index contributed by atoms with van der Waals surface area (Å²) < 4.78 is 15.9. The molecule has 3 aromatic rings. The van der Waals surface area contributed by atoms with Gasteiger partial charge in [-0.3, -0.25) is 14.4 Å². The van der Waals surface area contributed by atoms with Gasteiger partial charge in [0.1, 0.15) is 5.70 Å². The summed E-state index contributed by atoms with van der Waals surface area (Å²) >= 11 is 0. The molecule has 2 aliphatic heterocycles. The van der Waals surface area contributed by atoms with Gasteiger partial charge in [-0.05, 0) is 48.0 Å². The van der Waals surface area contributed by atoms with Crippen molar-refractivity contribution in [3.05, 3.63) is 101 Å². The Morgan fingerprint density at radius 1 is 0.886 bits per heavy atom. The number of esters is 1. The van der Waals surface area contributed by atoms with Gasteiger partial charge in [-0.1, -0.05) is 36.4 Å². The molecule has 0 unspecified atom stereocenters. The summed E-state index contributed by atoms with van der Waals surface area (Å²) in [6.45, 7) is -0.521. The molecule has 9 nitrogen and oxygen atoms in total. The molecular formula is C26H18N2O7. The Balaban J connectivity index is 1.37. The largest absolute Gasteiger partial charge is 0.454 e. The first-order chi connectivity index (χ1) is 17.0. The minimum atomic E-state index is -0.927. The third kappa shape index (κ3) is 4.34. The van der Waals surface area contributed by atoms with Crippen molar-refractivity contribution in [3.63, 3.8) is 0 Å². The van der Waals surface area contributed by atoms with Crippen molar-refractivity contribution in [3.8, 4) is 11.5 Å². The maximum Gasteiger partial charge on any atom is 0.356 e. The molecule has 0 radical (unpaired) electrons. The number of fused-ring (bicyclic) bond motifs is 2. The average molecular weight is 470 g/mol. The quantitative estimate of drug-likeness (QED) is 0.335. The summed E-state index contributed by atoms with van der Waals surface area (Å²) in [5.41, 5.74) is 1.16. The molecule has 0 aliphatic carbocycles. The van der Waals surface area contributed by atoms with E-state index in [-0.39, 0.29) is 23.6 Å². The van der Waals surface area contributed by atoms with E-state index in [0.29, 0.717) is 22.6 Å². The minimum Gasteiger partial charge on any atom is -0.454 e. The third-order valence-corrected chi connectivity index (χ3v) is 5.41. The number of ether oxygens (including phenoxy) is 3. The van der Waals surface area contributed by atoms with Crippen molar-refractivity contribution in [2.75, 3.05) is 13.5 Å². The average Bonchev–Trinajstić information content (AvgIpc) is 3.45. The summed E-state index contributed by atoms with van der Waals surface area (Å²) in [7, 11) is 0. The molecule has 0 fully saturated rings. The summed E-state index contributed by atoms with van der Waals surface area (Å²) in [6, 6.07) is 19.7. The molecule has 5 rings (SSSR count). The Bertz CT molecular complexity index is 1350. The number of hydrogen-bond donors (Lipinski definition) is 1. The van der Waals surface area contributed by atoms with Gasteiger partial charge in [0.2, 0.25) is 6.79 Å². The van der Waals surface area contributed by atoms with E-state index in [9.17, 15) is 19.2 Å².